The van der Waals surface area contributed by atoms with Crippen LogP contribution >= 0.6 is 0 Å². The molecule has 8 nitrogen and oxygen atoms in total. The third kappa shape index (κ3) is 4.25. The molecule has 2 rings (SSSR count). The number of nitrogens with one attached hydrogen (secondary N) is 1. The van der Waals surface area contributed by atoms with Gasteiger partial charge < -0.3 is 14.6 Å². The number of methoxy groups -OCH3 is 1. The monoisotopic (exact) mass is 365 g/mol. The Hall–Kier alpha value is -2.65. The predicted octanol–water partition coefficient (Wildman–Crippen LogP) is 1.07. The summed E-state index contributed by atoms with van der Waals surface area (Å²) in [6, 6.07) is 9.94. The van der Waals surface area contributed by atoms with Gasteiger partial charge in [0.1, 0.15) is 10.6 Å². The zero-order valence-electron chi connectivity index (χ0n) is 14.1. The van der Waals surface area contributed by atoms with Crippen LogP contribution in [0.1, 0.15) is 10.5 Å². The van der Waals surface area contributed by atoms with Gasteiger partial charge in [0.2, 0.25) is 15.9 Å². The fraction of sp³-hybridized carbons (Fsp3) is 0.250. The molecule has 0 spiro atoms. The number of anilines is 1. The predicted molar refractivity (Wildman–Crippen MR) is 91.6 cm³/mol. The molecule has 0 bridgehead atoms. The summed E-state index contributed by atoms with van der Waals surface area (Å²) in [4.78, 5) is 23.5. The standard InChI is InChI=1S/C16H19N3O5S/c1-18-10-13(9-14(18)16(21)24-3)25(22,23)19(2)11-15(20)17-12-7-5-4-6-8-12/h4-10H,11H2,1-3H3,(H,17,20). The van der Waals surface area contributed by atoms with Crippen molar-refractivity contribution < 1.29 is 22.7 Å². The minimum atomic E-state index is -3.93. The summed E-state index contributed by atoms with van der Waals surface area (Å²) in [6.07, 6.45) is 1.30. The van der Waals surface area contributed by atoms with Gasteiger partial charge in [-0.05, 0) is 18.2 Å². The van der Waals surface area contributed by atoms with E-state index >= 15 is 0 Å². The third-order valence-corrected chi connectivity index (χ3v) is 5.28. The van der Waals surface area contributed by atoms with Crippen LogP contribution in [0.4, 0.5) is 5.69 Å². The lowest BCUT2D eigenvalue weighted by Gasteiger charge is -2.16. The first-order chi connectivity index (χ1) is 11.8. The molecule has 1 amide bonds. The summed E-state index contributed by atoms with van der Waals surface area (Å²) >= 11 is 0. The number of aryl methyl sites for hydroxylation is 1. The Morgan fingerprint density at radius 1 is 1.24 bits per heavy atom. The molecule has 0 saturated carbocycles. The number of amides is 1. The van der Waals surface area contributed by atoms with E-state index in [1.165, 1.54) is 38.0 Å². The maximum Gasteiger partial charge on any atom is 0.354 e. The second-order valence-corrected chi connectivity index (χ2v) is 7.38. The van der Waals surface area contributed by atoms with Gasteiger partial charge in [-0.25, -0.2) is 13.2 Å². The smallest absolute Gasteiger partial charge is 0.354 e. The Morgan fingerprint density at radius 2 is 1.88 bits per heavy atom. The van der Waals surface area contributed by atoms with E-state index in [2.05, 4.69) is 10.1 Å². The molecule has 1 aromatic heterocycles. The maximum absolute atomic E-state index is 12.6. The number of likely N-dealkylation sites (N-methyl/N-ethyl adjacent to an activating group) is 1. The van der Waals surface area contributed by atoms with Crippen LogP contribution in [0, 0.1) is 0 Å². The lowest BCUT2D eigenvalue weighted by molar-refractivity contribution is -0.116. The van der Waals surface area contributed by atoms with Crippen molar-refractivity contribution in [1.29, 1.82) is 0 Å². The quantitative estimate of drug-likeness (QED) is 0.772. The van der Waals surface area contributed by atoms with Gasteiger partial charge in [0.25, 0.3) is 0 Å². The average molecular weight is 365 g/mol. The molecular formula is C16H19N3O5S. The van der Waals surface area contributed by atoms with Crippen molar-refractivity contribution in [2.45, 2.75) is 4.90 Å². The fourth-order valence-corrected chi connectivity index (χ4v) is 3.37. The number of esters is 1. The summed E-state index contributed by atoms with van der Waals surface area (Å²) in [7, 11) is 0.117. The molecule has 0 unspecified atom stereocenters. The van der Waals surface area contributed by atoms with E-state index in [4.69, 9.17) is 0 Å². The summed E-state index contributed by atoms with van der Waals surface area (Å²) in [5.74, 6) is -1.12. The first kappa shape index (κ1) is 18.7. The normalized spacial score (nSPS) is 11.4. The number of sulfonamides is 1. The number of hydrogen-bond donors (Lipinski definition) is 1. The number of aromatic nitrogens is 1. The van der Waals surface area contributed by atoms with Crippen LogP contribution in [0.3, 0.4) is 0 Å². The number of nitrogens with zero attached hydrogens (tertiary/aromatic N) is 2. The van der Waals surface area contributed by atoms with Crippen LogP contribution in [-0.2, 0) is 26.6 Å². The molecule has 0 aliphatic carbocycles. The summed E-state index contributed by atoms with van der Waals surface area (Å²) in [5.41, 5.74) is 0.675. The largest absolute Gasteiger partial charge is 0.464 e. The number of hydrogen-bond acceptors (Lipinski definition) is 5. The molecule has 9 heteroatoms. The van der Waals surface area contributed by atoms with Crippen LogP contribution in [0.5, 0.6) is 0 Å². The first-order valence-corrected chi connectivity index (χ1v) is 8.75. The molecule has 0 aliphatic rings. The van der Waals surface area contributed by atoms with Crippen molar-refractivity contribution in [3.8, 4) is 0 Å². The Balaban J connectivity index is 2.13. The van der Waals surface area contributed by atoms with E-state index in [1.54, 1.807) is 30.3 Å². The van der Waals surface area contributed by atoms with Gasteiger partial charge >= 0.3 is 5.97 Å². The van der Waals surface area contributed by atoms with Crippen molar-refractivity contribution >= 4 is 27.6 Å². The zero-order chi connectivity index (χ0) is 18.6. The highest BCUT2D eigenvalue weighted by molar-refractivity contribution is 7.89. The number of ether oxygens (including phenoxy) is 1. The second kappa shape index (κ2) is 7.49. The van der Waals surface area contributed by atoms with E-state index in [0.717, 1.165) is 4.31 Å². The molecule has 0 radical (unpaired) electrons. The zero-order valence-corrected chi connectivity index (χ0v) is 14.9. The molecule has 0 aliphatic heterocycles. The topological polar surface area (TPSA) is 97.7 Å². The maximum atomic E-state index is 12.6. The molecule has 134 valence electrons. The minimum Gasteiger partial charge on any atom is -0.464 e. The highest BCUT2D eigenvalue weighted by Crippen LogP contribution is 2.18. The average Bonchev–Trinajstić information content (AvgIpc) is 2.97. The number of para-hydroxylation sites is 1. The molecule has 2 aromatic rings. The minimum absolute atomic E-state index is 0.0922. The summed E-state index contributed by atoms with van der Waals surface area (Å²) in [5, 5.41) is 2.62. The SMILES string of the molecule is COC(=O)c1cc(S(=O)(=O)N(C)CC(=O)Nc2ccccc2)cn1C. The molecule has 1 heterocycles. The number of rotatable bonds is 6. The van der Waals surface area contributed by atoms with E-state index in [0.29, 0.717) is 5.69 Å². The summed E-state index contributed by atoms with van der Waals surface area (Å²) in [6.45, 7) is -0.361. The molecule has 0 atom stereocenters. The Kier molecular flexibility index (Phi) is 5.60. The second-order valence-electron chi connectivity index (χ2n) is 5.34. The molecule has 0 saturated heterocycles. The Bertz CT molecular complexity index is 874. The molecule has 1 aromatic carbocycles. The number of carbonyl (C=O) groups excluding carboxylic acids is 2. The summed E-state index contributed by atoms with van der Waals surface area (Å²) < 4.78 is 32.0. The van der Waals surface area contributed by atoms with E-state index in [9.17, 15) is 18.0 Å². The van der Waals surface area contributed by atoms with Crippen molar-refractivity contribution in [2.24, 2.45) is 7.05 Å². The van der Waals surface area contributed by atoms with Gasteiger partial charge in [0.05, 0.1) is 13.7 Å². The van der Waals surface area contributed by atoms with E-state index in [-0.39, 0.29) is 17.1 Å². The Labute approximate surface area is 146 Å². The lowest BCUT2D eigenvalue weighted by Crippen LogP contribution is -2.34. The van der Waals surface area contributed by atoms with Crippen LogP contribution in [0.25, 0.3) is 0 Å². The number of carbonyl (C=O) groups is 2. The number of benzene rings is 1. The van der Waals surface area contributed by atoms with E-state index < -0.39 is 21.9 Å². The lowest BCUT2D eigenvalue weighted by atomic mass is 10.3. The van der Waals surface area contributed by atoms with Crippen molar-refractivity contribution in [2.75, 3.05) is 26.0 Å². The molecule has 1 N–H and O–H groups in total. The van der Waals surface area contributed by atoms with Gasteiger partial charge in [-0.15, -0.1) is 0 Å². The van der Waals surface area contributed by atoms with Gasteiger partial charge in [0, 0.05) is 26.0 Å². The fourth-order valence-electron chi connectivity index (χ4n) is 2.17. The van der Waals surface area contributed by atoms with Gasteiger partial charge in [-0.3, -0.25) is 4.79 Å². The Morgan fingerprint density at radius 3 is 2.48 bits per heavy atom. The first-order valence-electron chi connectivity index (χ1n) is 7.31. The van der Waals surface area contributed by atoms with E-state index in [1.807, 2.05) is 0 Å². The third-order valence-electron chi connectivity index (χ3n) is 3.51. The molecule has 25 heavy (non-hydrogen) atoms. The molecule has 0 fully saturated rings. The van der Waals surface area contributed by atoms with Crippen LogP contribution < -0.4 is 5.32 Å². The highest BCUT2D eigenvalue weighted by Gasteiger charge is 2.26. The van der Waals surface area contributed by atoms with Gasteiger partial charge in [-0.1, -0.05) is 18.2 Å². The van der Waals surface area contributed by atoms with Gasteiger partial charge in [-0.2, -0.15) is 4.31 Å². The van der Waals surface area contributed by atoms with Crippen molar-refractivity contribution in [3.05, 3.63) is 48.3 Å². The van der Waals surface area contributed by atoms with Crippen LogP contribution in [-0.4, -0.2) is 49.9 Å². The highest BCUT2D eigenvalue weighted by atomic mass is 32.2. The van der Waals surface area contributed by atoms with Crippen LogP contribution in [0.15, 0.2) is 47.5 Å². The molecular weight excluding hydrogens is 346 g/mol. The van der Waals surface area contributed by atoms with Crippen LogP contribution in [0.2, 0.25) is 0 Å². The van der Waals surface area contributed by atoms with Crippen molar-refractivity contribution in [1.82, 2.24) is 8.87 Å². The van der Waals surface area contributed by atoms with Gasteiger partial charge in [0.15, 0.2) is 0 Å². The van der Waals surface area contributed by atoms with Crippen molar-refractivity contribution in [3.63, 3.8) is 0 Å².